The van der Waals surface area contributed by atoms with Gasteiger partial charge in [0.05, 0.1) is 0 Å². The topological polar surface area (TPSA) is 30.0 Å². The maximum Gasteiger partial charge on any atom is 0.214 e. The molecule has 3 heteroatoms. The Labute approximate surface area is 63.2 Å². The monoisotopic (exact) mass is 153 g/mol. The van der Waals surface area contributed by atoms with E-state index in [1.807, 2.05) is 6.92 Å². The van der Waals surface area contributed by atoms with Crippen LogP contribution in [0.25, 0.3) is 0 Å². The molecule has 0 unspecified atom stereocenters. The van der Waals surface area contributed by atoms with Crippen molar-refractivity contribution in [3.05, 3.63) is 28.7 Å². The Morgan fingerprint density at radius 3 is 3.10 bits per heavy atom. The molecule has 1 heterocycles. The predicted octanol–water partition coefficient (Wildman–Crippen LogP) is 1.90. The van der Waals surface area contributed by atoms with Crippen LogP contribution in [0, 0.1) is 0 Å². The van der Waals surface area contributed by atoms with Gasteiger partial charge in [0.15, 0.2) is 5.01 Å². The Kier molecular flexibility index (Phi) is 2.34. The first-order valence-electron chi connectivity index (χ1n) is 2.91. The van der Waals surface area contributed by atoms with E-state index in [0.29, 0.717) is 5.01 Å². The smallest absolute Gasteiger partial charge is 0.214 e. The zero-order chi connectivity index (χ0) is 7.40. The van der Waals surface area contributed by atoms with Crippen LogP contribution in [-0.4, -0.2) is 10.8 Å². The lowest BCUT2D eigenvalue weighted by atomic mass is 10.4. The minimum atomic E-state index is -0.0162. The molecule has 2 nitrogen and oxygen atoms in total. The standard InChI is InChI=1S/C7H7NOS/c1-2-3-6(9)7-8-4-5-10-7/h2-5H,1H3/b3-2+. The second-order valence-corrected chi connectivity index (χ2v) is 2.60. The van der Waals surface area contributed by atoms with Crippen molar-refractivity contribution in [2.75, 3.05) is 0 Å². The minimum Gasteiger partial charge on any atom is -0.287 e. The zero-order valence-electron chi connectivity index (χ0n) is 5.57. The summed E-state index contributed by atoms with van der Waals surface area (Å²) in [5.41, 5.74) is 0. The van der Waals surface area contributed by atoms with Crippen molar-refractivity contribution in [1.29, 1.82) is 0 Å². The normalized spacial score (nSPS) is 10.5. The van der Waals surface area contributed by atoms with Gasteiger partial charge in [-0.25, -0.2) is 4.98 Å². The van der Waals surface area contributed by atoms with E-state index in [9.17, 15) is 4.79 Å². The Morgan fingerprint density at radius 1 is 1.80 bits per heavy atom. The van der Waals surface area contributed by atoms with Gasteiger partial charge in [0.2, 0.25) is 5.78 Å². The molecule has 1 aromatic rings. The van der Waals surface area contributed by atoms with Crippen LogP contribution in [0.1, 0.15) is 16.7 Å². The van der Waals surface area contributed by atoms with Crippen molar-refractivity contribution in [3.8, 4) is 0 Å². The zero-order valence-corrected chi connectivity index (χ0v) is 6.39. The van der Waals surface area contributed by atoms with Gasteiger partial charge in [-0.05, 0) is 13.0 Å². The molecular formula is C7H7NOS. The molecule has 10 heavy (non-hydrogen) atoms. The summed E-state index contributed by atoms with van der Waals surface area (Å²) in [5, 5.41) is 2.34. The number of ketones is 1. The molecule has 52 valence electrons. The Morgan fingerprint density at radius 2 is 2.60 bits per heavy atom. The van der Waals surface area contributed by atoms with Gasteiger partial charge >= 0.3 is 0 Å². The van der Waals surface area contributed by atoms with Gasteiger partial charge in [0, 0.05) is 11.6 Å². The third-order valence-electron chi connectivity index (χ3n) is 0.961. The van der Waals surface area contributed by atoms with Gasteiger partial charge < -0.3 is 0 Å². The molecule has 0 bridgehead atoms. The molecule has 0 saturated heterocycles. The number of carbonyl (C=O) groups excluding carboxylic acids is 1. The number of rotatable bonds is 2. The van der Waals surface area contributed by atoms with Crippen LogP contribution in [-0.2, 0) is 0 Å². The predicted molar refractivity (Wildman–Crippen MR) is 41.3 cm³/mol. The number of carbonyl (C=O) groups is 1. The molecule has 0 radical (unpaired) electrons. The van der Waals surface area contributed by atoms with E-state index in [0.717, 1.165) is 0 Å². The molecule has 0 aromatic carbocycles. The van der Waals surface area contributed by atoms with E-state index >= 15 is 0 Å². The van der Waals surface area contributed by atoms with Crippen LogP contribution in [0.5, 0.6) is 0 Å². The van der Waals surface area contributed by atoms with E-state index < -0.39 is 0 Å². The summed E-state index contributed by atoms with van der Waals surface area (Å²) in [6, 6.07) is 0. The van der Waals surface area contributed by atoms with Gasteiger partial charge in [-0.2, -0.15) is 0 Å². The minimum absolute atomic E-state index is 0.0162. The number of hydrogen-bond acceptors (Lipinski definition) is 3. The molecule has 0 fully saturated rings. The highest BCUT2D eigenvalue weighted by Gasteiger charge is 2.01. The first-order chi connectivity index (χ1) is 4.84. The molecule has 1 aromatic heterocycles. The number of hydrogen-bond donors (Lipinski definition) is 0. The SMILES string of the molecule is C/C=C/C(=O)c1nccs1. The van der Waals surface area contributed by atoms with Crippen molar-refractivity contribution in [3.63, 3.8) is 0 Å². The Hall–Kier alpha value is -0.960. The second kappa shape index (κ2) is 3.27. The van der Waals surface area contributed by atoms with E-state index in [1.165, 1.54) is 17.4 Å². The van der Waals surface area contributed by atoms with Gasteiger partial charge in [-0.15, -0.1) is 11.3 Å². The molecule has 1 rings (SSSR count). The van der Waals surface area contributed by atoms with Crippen LogP contribution in [0.4, 0.5) is 0 Å². The van der Waals surface area contributed by atoms with Crippen LogP contribution in [0.3, 0.4) is 0 Å². The van der Waals surface area contributed by atoms with Gasteiger partial charge in [0.25, 0.3) is 0 Å². The van der Waals surface area contributed by atoms with Crippen molar-refractivity contribution in [2.24, 2.45) is 0 Å². The average Bonchev–Trinajstić information content (AvgIpc) is 2.38. The van der Waals surface area contributed by atoms with Gasteiger partial charge in [-0.3, -0.25) is 4.79 Å². The molecule has 0 atom stereocenters. The average molecular weight is 153 g/mol. The lowest BCUT2D eigenvalue weighted by Crippen LogP contribution is -1.90. The summed E-state index contributed by atoms with van der Waals surface area (Å²) < 4.78 is 0. The van der Waals surface area contributed by atoms with E-state index in [2.05, 4.69) is 4.98 Å². The van der Waals surface area contributed by atoms with E-state index in [-0.39, 0.29) is 5.78 Å². The summed E-state index contributed by atoms with van der Waals surface area (Å²) in [6.45, 7) is 1.81. The number of thiazole rings is 1. The fraction of sp³-hybridized carbons (Fsp3) is 0.143. The van der Waals surface area contributed by atoms with Gasteiger partial charge in [0.1, 0.15) is 0 Å². The third-order valence-corrected chi connectivity index (χ3v) is 1.75. The molecular weight excluding hydrogens is 146 g/mol. The lowest BCUT2D eigenvalue weighted by Gasteiger charge is -1.82. The van der Waals surface area contributed by atoms with Crippen LogP contribution < -0.4 is 0 Å². The second-order valence-electron chi connectivity index (χ2n) is 1.70. The van der Waals surface area contributed by atoms with Crippen LogP contribution >= 0.6 is 11.3 Å². The molecule has 0 N–H and O–H groups in total. The van der Waals surface area contributed by atoms with Crippen molar-refractivity contribution < 1.29 is 4.79 Å². The largest absolute Gasteiger partial charge is 0.287 e. The maximum absolute atomic E-state index is 11.0. The summed E-state index contributed by atoms with van der Waals surface area (Å²) in [4.78, 5) is 14.8. The lowest BCUT2D eigenvalue weighted by molar-refractivity contribution is 0.104. The molecule has 0 aliphatic carbocycles. The van der Waals surface area contributed by atoms with Crippen LogP contribution in [0.15, 0.2) is 23.7 Å². The molecule has 0 amide bonds. The fourth-order valence-electron chi connectivity index (χ4n) is 0.568. The number of allylic oxidation sites excluding steroid dienone is 2. The summed E-state index contributed by atoms with van der Waals surface area (Å²) in [5.74, 6) is -0.0162. The van der Waals surface area contributed by atoms with Gasteiger partial charge in [-0.1, -0.05) is 6.08 Å². The first-order valence-corrected chi connectivity index (χ1v) is 3.79. The Bertz CT molecular complexity index is 238. The summed E-state index contributed by atoms with van der Waals surface area (Å²) >= 11 is 1.36. The van der Waals surface area contributed by atoms with Crippen molar-refractivity contribution in [1.82, 2.24) is 4.98 Å². The molecule has 0 aliphatic rings. The van der Waals surface area contributed by atoms with Crippen LogP contribution in [0.2, 0.25) is 0 Å². The number of aromatic nitrogens is 1. The highest BCUT2D eigenvalue weighted by Crippen LogP contribution is 2.04. The summed E-state index contributed by atoms with van der Waals surface area (Å²) in [6.07, 6.45) is 4.85. The first kappa shape index (κ1) is 7.15. The third kappa shape index (κ3) is 1.51. The molecule has 0 aliphatic heterocycles. The Balaban J connectivity index is 2.78. The van der Waals surface area contributed by atoms with Crippen molar-refractivity contribution >= 4 is 17.1 Å². The number of nitrogens with zero attached hydrogens (tertiary/aromatic N) is 1. The highest BCUT2D eigenvalue weighted by atomic mass is 32.1. The quantitative estimate of drug-likeness (QED) is 0.480. The maximum atomic E-state index is 11.0. The fourth-order valence-corrected chi connectivity index (χ4v) is 1.12. The molecule has 0 spiro atoms. The van der Waals surface area contributed by atoms with Crippen molar-refractivity contribution in [2.45, 2.75) is 6.92 Å². The van der Waals surface area contributed by atoms with E-state index in [1.54, 1.807) is 17.7 Å². The molecule has 0 saturated carbocycles. The summed E-state index contributed by atoms with van der Waals surface area (Å²) in [7, 11) is 0. The van der Waals surface area contributed by atoms with E-state index in [4.69, 9.17) is 0 Å². The highest BCUT2D eigenvalue weighted by molar-refractivity contribution is 7.11.